The number of anilines is 1. The second kappa shape index (κ2) is 15.3. The zero-order chi connectivity index (χ0) is 29.4. The van der Waals surface area contributed by atoms with Gasteiger partial charge in [0.05, 0.1) is 12.3 Å². The van der Waals surface area contributed by atoms with Crippen LogP contribution in [0.15, 0.2) is 48.6 Å². The maximum absolute atomic E-state index is 11.7. The van der Waals surface area contributed by atoms with Gasteiger partial charge in [-0.05, 0) is 99.1 Å². The van der Waals surface area contributed by atoms with Crippen LogP contribution in [0, 0.1) is 30.6 Å². The Hall–Kier alpha value is -2.24. The lowest BCUT2D eigenvalue weighted by Gasteiger charge is -2.44. The number of nitrogens with one attached hydrogen (secondary N) is 1. The minimum absolute atomic E-state index is 0.295. The molecule has 1 aliphatic carbocycles. The Labute approximate surface area is 253 Å². The predicted molar refractivity (Wildman–Crippen MR) is 176 cm³/mol. The van der Waals surface area contributed by atoms with E-state index >= 15 is 0 Å². The molecule has 0 spiro atoms. The Morgan fingerprint density at radius 3 is 2.66 bits per heavy atom. The van der Waals surface area contributed by atoms with Crippen LogP contribution in [0.2, 0.25) is 0 Å². The molecular formula is C36H52N2O2S. The van der Waals surface area contributed by atoms with E-state index < -0.39 is 0 Å². The van der Waals surface area contributed by atoms with Crippen molar-refractivity contribution in [3.05, 3.63) is 70.8 Å². The molecule has 6 atom stereocenters. The highest BCUT2D eigenvalue weighted by Crippen LogP contribution is 2.45. The van der Waals surface area contributed by atoms with Crippen LogP contribution in [-0.2, 0) is 6.42 Å². The summed E-state index contributed by atoms with van der Waals surface area (Å²) >= 11 is 1.83. The molecule has 0 bridgehead atoms. The molecule has 2 aliphatic rings. The van der Waals surface area contributed by atoms with E-state index in [1.165, 1.54) is 36.0 Å². The fraction of sp³-hybridized carbons (Fsp3) is 0.583. The van der Waals surface area contributed by atoms with Gasteiger partial charge < -0.3 is 9.64 Å². The minimum atomic E-state index is 0.295. The topological polar surface area (TPSA) is 41.6 Å². The van der Waals surface area contributed by atoms with Gasteiger partial charge in [-0.2, -0.15) is 0 Å². The van der Waals surface area contributed by atoms with Gasteiger partial charge >= 0.3 is 0 Å². The van der Waals surface area contributed by atoms with Crippen LogP contribution in [0.3, 0.4) is 0 Å². The molecule has 1 fully saturated rings. The number of benzene rings is 2. The number of fused-ring (bicyclic) bond motifs is 1. The van der Waals surface area contributed by atoms with Gasteiger partial charge in [0.15, 0.2) is 0 Å². The van der Waals surface area contributed by atoms with Gasteiger partial charge in [-0.1, -0.05) is 82.0 Å². The van der Waals surface area contributed by atoms with Crippen LogP contribution in [0.25, 0.3) is 0 Å². The zero-order valence-electron chi connectivity index (χ0n) is 26.2. The highest BCUT2D eigenvalue weighted by Gasteiger charge is 2.37. The molecule has 224 valence electrons. The van der Waals surface area contributed by atoms with Crippen LogP contribution in [0.5, 0.6) is 5.75 Å². The third-order valence-electron chi connectivity index (χ3n) is 9.55. The van der Waals surface area contributed by atoms with Crippen molar-refractivity contribution in [3.63, 3.8) is 0 Å². The molecule has 5 heteroatoms. The molecule has 2 unspecified atom stereocenters. The second-order valence-corrected chi connectivity index (χ2v) is 13.8. The molecule has 0 saturated heterocycles. The van der Waals surface area contributed by atoms with Crippen molar-refractivity contribution < 1.29 is 9.53 Å². The largest absolute Gasteiger partial charge is 0.491 e. The summed E-state index contributed by atoms with van der Waals surface area (Å²) in [6, 6.07) is 12.9. The monoisotopic (exact) mass is 576 g/mol. The number of rotatable bonds is 14. The van der Waals surface area contributed by atoms with Crippen molar-refractivity contribution in [3.8, 4) is 5.75 Å². The number of hydrogen-bond acceptors (Lipinski definition) is 5. The molecule has 1 heterocycles. The lowest BCUT2D eigenvalue weighted by atomic mass is 9.66. The summed E-state index contributed by atoms with van der Waals surface area (Å²) in [4.78, 5) is 14.3. The molecule has 4 nitrogen and oxygen atoms in total. The molecule has 1 saturated carbocycles. The number of carbonyl (C=O) groups is 1. The number of hydrogen-bond donors (Lipinski definition) is 1. The fourth-order valence-electron chi connectivity index (χ4n) is 6.78. The van der Waals surface area contributed by atoms with Gasteiger partial charge in [0.25, 0.3) is 0 Å². The van der Waals surface area contributed by atoms with E-state index in [9.17, 15) is 4.79 Å². The normalized spacial score (nSPS) is 22.8. The Kier molecular flexibility index (Phi) is 11.8. The molecule has 0 amide bonds. The van der Waals surface area contributed by atoms with Crippen LogP contribution in [-0.4, -0.2) is 38.3 Å². The lowest BCUT2D eigenvalue weighted by molar-refractivity contribution is 0.112. The number of allylic oxidation sites excluding steroid dienone is 2. The molecule has 0 aromatic heterocycles. The van der Waals surface area contributed by atoms with E-state index in [1.807, 2.05) is 37.2 Å². The minimum Gasteiger partial charge on any atom is -0.491 e. The molecule has 2 aromatic rings. The average Bonchev–Trinajstić information content (AvgIpc) is 3.14. The van der Waals surface area contributed by atoms with Crippen LogP contribution in [0.4, 0.5) is 5.69 Å². The summed E-state index contributed by atoms with van der Waals surface area (Å²) in [6.07, 6.45) is 13.1. The highest BCUT2D eigenvalue weighted by molar-refractivity contribution is 7.98. The first-order valence-electron chi connectivity index (χ1n) is 15.9. The van der Waals surface area contributed by atoms with Gasteiger partial charge in [0.1, 0.15) is 12.0 Å². The van der Waals surface area contributed by atoms with Crippen molar-refractivity contribution in [2.45, 2.75) is 84.3 Å². The molecule has 0 radical (unpaired) electrons. The zero-order valence-corrected chi connectivity index (χ0v) is 27.0. The SMILES string of the molecule is CCCc1cc(C)ccc1C1COc2ccc(C=O)cc2N(CC2CC[C@H]2[C@@H](/C=C/C[C@H](C)[C@@H](C)SNC)CC)C1. The third kappa shape index (κ3) is 7.99. The Morgan fingerprint density at radius 1 is 1.15 bits per heavy atom. The van der Waals surface area contributed by atoms with Gasteiger partial charge in [0.2, 0.25) is 0 Å². The summed E-state index contributed by atoms with van der Waals surface area (Å²) in [5.74, 6) is 3.85. The van der Waals surface area contributed by atoms with Crippen molar-refractivity contribution in [2.75, 3.05) is 31.6 Å². The summed E-state index contributed by atoms with van der Waals surface area (Å²) in [5.41, 5.74) is 6.00. The van der Waals surface area contributed by atoms with Crippen molar-refractivity contribution in [2.24, 2.45) is 23.7 Å². The fourth-order valence-corrected chi connectivity index (χ4v) is 7.49. The van der Waals surface area contributed by atoms with Crippen LogP contribution in [0.1, 0.15) is 92.8 Å². The molecule has 4 rings (SSSR count). The summed E-state index contributed by atoms with van der Waals surface area (Å²) in [5, 5.41) is 0.599. The molecule has 1 aliphatic heterocycles. The average molecular weight is 577 g/mol. The highest BCUT2D eigenvalue weighted by atomic mass is 32.2. The standard InChI is InChI=1S/C36H52N2O2S/c1-7-10-30-19-25(3)13-16-34(30)32-22-38(35-20-28(23-39)14-18-36(35)40-24-32)21-31-15-17-33(31)29(8-2)12-9-11-26(4)27(5)41-37-6/h9,12-14,16,18-20,23,26-27,29,31-33,37H,7-8,10-11,15,17,21-22,24H2,1-6H3/b12-9+/t26-,27+,29+,31?,32?,33-/m0/s1. The maximum atomic E-state index is 11.7. The van der Waals surface area contributed by atoms with E-state index in [2.05, 4.69) is 74.6 Å². The van der Waals surface area contributed by atoms with E-state index in [0.29, 0.717) is 41.4 Å². The van der Waals surface area contributed by atoms with Crippen molar-refractivity contribution in [1.29, 1.82) is 0 Å². The first-order chi connectivity index (χ1) is 19.9. The second-order valence-electron chi connectivity index (χ2n) is 12.5. The van der Waals surface area contributed by atoms with Gasteiger partial charge in [-0.15, -0.1) is 0 Å². The van der Waals surface area contributed by atoms with Gasteiger partial charge in [-0.3, -0.25) is 9.52 Å². The Morgan fingerprint density at radius 2 is 1.98 bits per heavy atom. The number of ether oxygens (including phenoxy) is 1. The van der Waals surface area contributed by atoms with Crippen molar-refractivity contribution >= 4 is 23.9 Å². The van der Waals surface area contributed by atoms with Crippen molar-refractivity contribution in [1.82, 2.24) is 4.72 Å². The van der Waals surface area contributed by atoms with Crippen LogP contribution < -0.4 is 14.4 Å². The Balaban J connectivity index is 1.54. The third-order valence-corrected chi connectivity index (χ3v) is 10.6. The number of nitrogens with zero attached hydrogens (tertiary/aromatic N) is 1. The summed E-state index contributed by atoms with van der Waals surface area (Å²) < 4.78 is 9.72. The summed E-state index contributed by atoms with van der Waals surface area (Å²) in [6.45, 7) is 14.1. The number of aldehydes is 1. The van der Waals surface area contributed by atoms with Crippen LogP contribution >= 0.6 is 11.9 Å². The first kappa shape index (κ1) is 31.7. The van der Waals surface area contributed by atoms with E-state index in [4.69, 9.17) is 4.74 Å². The molecule has 41 heavy (non-hydrogen) atoms. The molecule has 2 aromatic carbocycles. The lowest BCUT2D eigenvalue weighted by Crippen LogP contribution is -2.42. The predicted octanol–water partition coefficient (Wildman–Crippen LogP) is 8.63. The van der Waals surface area contributed by atoms with E-state index in [-0.39, 0.29) is 0 Å². The Bertz CT molecular complexity index is 1160. The van der Waals surface area contributed by atoms with Gasteiger partial charge in [-0.25, -0.2) is 0 Å². The first-order valence-corrected chi connectivity index (χ1v) is 16.8. The number of carbonyl (C=O) groups excluding carboxylic acids is 1. The van der Waals surface area contributed by atoms with E-state index in [0.717, 1.165) is 55.6 Å². The smallest absolute Gasteiger partial charge is 0.150 e. The molecule has 1 N–H and O–H groups in total. The summed E-state index contributed by atoms with van der Waals surface area (Å²) in [7, 11) is 2.01. The van der Waals surface area contributed by atoms with E-state index in [1.54, 1.807) is 0 Å². The van der Waals surface area contributed by atoms with Gasteiger partial charge in [0, 0.05) is 29.8 Å². The maximum Gasteiger partial charge on any atom is 0.150 e. The molecular weight excluding hydrogens is 524 g/mol. The number of aryl methyl sites for hydroxylation is 2. The quantitative estimate of drug-likeness (QED) is 0.138.